The first-order valence-electron chi connectivity index (χ1n) is 8.94. The van der Waals surface area contributed by atoms with Crippen LogP contribution in [0.5, 0.6) is 5.88 Å². The summed E-state index contributed by atoms with van der Waals surface area (Å²) in [6, 6.07) is 3.72. The van der Waals surface area contributed by atoms with Gasteiger partial charge in [-0.2, -0.15) is 17.6 Å². The van der Waals surface area contributed by atoms with Crippen molar-refractivity contribution >= 4 is 0 Å². The van der Waals surface area contributed by atoms with E-state index in [0.717, 1.165) is 12.1 Å². The largest absolute Gasteiger partial charge is 0.494 e. The van der Waals surface area contributed by atoms with E-state index in [9.17, 15) is 49.8 Å². The quantitative estimate of drug-likeness (QED) is 0.546. The van der Waals surface area contributed by atoms with Crippen LogP contribution in [0.3, 0.4) is 0 Å². The molecule has 13 heteroatoms. The zero-order chi connectivity index (χ0) is 24.7. The van der Waals surface area contributed by atoms with Crippen LogP contribution in [0.1, 0.15) is 11.1 Å². The zero-order valence-electron chi connectivity index (χ0n) is 16.1. The number of hydrogen-bond donors (Lipinski definition) is 1. The molecule has 0 saturated heterocycles. The monoisotopic (exact) mass is 480 g/mol. The van der Waals surface area contributed by atoms with Crippen LogP contribution in [0.2, 0.25) is 0 Å². The van der Waals surface area contributed by atoms with Gasteiger partial charge in [-0.3, -0.25) is 13.9 Å². The van der Waals surface area contributed by atoms with Crippen molar-refractivity contribution in [2.75, 3.05) is 0 Å². The van der Waals surface area contributed by atoms with E-state index in [4.69, 9.17) is 0 Å². The highest BCUT2D eigenvalue weighted by Crippen LogP contribution is 2.34. The van der Waals surface area contributed by atoms with Gasteiger partial charge in [0.2, 0.25) is 5.88 Å². The summed E-state index contributed by atoms with van der Waals surface area (Å²) in [5, 5.41) is 9.78. The highest BCUT2D eigenvalue weighted by molar-refractivity contribution is 5.25. The molecule has 33 heavy (non-hydrogen) atoms. The minimum atomic E-state index is -4.36. The van der Waals surface area contributed by atoms with Gasteiger partial charge in [0, 0.05) is 0 Å². The molecule has 0 unspecified atom stereocenters. The van der Waals surface area contributed by atoms with Gasteiger partial charge in [-0.05, 0) is 24.3 Å². The summed E-state index contributed by atoms with van der Waals surface area (Å²) in [5.74, 6) is -17.3. The zero-order valence-corrected chi connectivity index (χ0v) is 16.1. The summed E-state index contributed by atoms with van der Waals surface area (Å²) in [5.41, 5.74) is -6.46. The molecule has 1 N–H and O–H groups in total. The fraction of sp³-hybridized carbons (Fsp3) is 0.200. The molecule has 5 nitrogen and oxygen atoms in total. The van der Waals surface area contributed by atoms with Crippen molar-refractivity contribution in [1.29, 1.82) is 0 Å². The van der Waals surface area contributed by atoms with E-state index in [2.05, 4.69) is 0 Å². The Hall–Kier alpha value is -3.64. The summed E-state index contributed by atoms with van der Waals surface area (Å²) in [6.07, 6.45) is 0. The number of rotatable bonds is 6. The fourth-order valence-electron chi connectivity index (χ4n) is 3.04. The van der Waals surface area contributed by atoms with Gasteiger partial charge in [0.15, 0.2) is 23.3 Å². The van der Waals surface area contributed by atoms with Crippen molar-refractivity contribution < 1.29 is 40.2 Å². The molecule has 3 aromatic rings. The Labute approximate surface area is 178 Å². The number of alkyl halides is 4. The Balaban J connectivity index is 2.07. The van der Waals surface area contributed by atoms with Crippen molar-refractivity contribution in [3.63, 3.8) is 0 Å². The molecule has 0 aliphatic heterocycles. The normalized spacial score (nSPS) is 12.2. The Bertz CT molecular complexity index is 1330. The Morgan fingerprint density at radius 2 is 1.15 bits per heavy atom. The van der Waals surface area contributed by atoms with Crippen molar-refractivity contribution in [3.05, 3.63) is 97.7 Å². The van der Waals surface area contributed by atoms with Crippen molar-refractivity contribution in [2.24, 2.45) is 0 Å². The molecular formula is C20H12F8N2O3. The van der Waals surface area contributed by atoms with Gasteiger partial charge < -0.3 is 5.11 Å². The Morgan fingerprint density at radius 3 is 1.61 bits per heavy atom. The summed E-state index contributed by atoms with van der Waals surface area (Å²) >= 11 is 0. The predicted octanol–water partition coefficient (Wildman–Crippen LogP) is 3.86. The van der Waals surface area contributed by atoms with Crippen LogP contribution in [0, 0.1) is 23.3 Å². The lowest BCUT2D eigenvalue weighted by Gasteiger charge is -2.22. The second kappa shape index (κ2) is 8.37. The third-order valence-corrected chi connectivity index (χ3v) is 4.66. The van der Waals surface area contributed by atoms with E-state index in [0.29, 0.717) is 24.3 Å². The summed E-state index contributed by atoms with van der Waals surface area (Å²) in [4.78, 5) is 24.5. The topological polar surface area (TPSA) is 64.2 Å². The standard InChI is InChI=1S/C20H12F8N2O3/c21-12-5-1-3-10(16(12)23)19(25,26)8-29-14(31)7-15(32)30(18(29)33)9-20(27,28)11-4-2-6-13(22)17(11)24/h1-7,31H,8-9H2. The van der Waals surface area contributed by atoms with E-state index in [-0.39, 0.29) is 15.2 Å². The number of hydrogen-bond acceptors (Lipinski definition) is 3. The van der Waals surface area contributed by atoms with Crippen LogP contribution >= 0.6 is 0 Å². The predicted molar refractivity (Wildman–Crippen MR) is 97.1 cm³/mol. The van der Waals surface area contributed by atoms with Gasteiger partial charge in [-0.1, -0.05) is 12.1 Å². The second-order valence-corrected chi connectivity index (χ2v) is 6.91. The smallest absolute Gasteiger partial charge is 0.334 e. The number of halogens is 8. The number of nitrogens with zero attached hydrogens (tertiary/aromatic N) is 2. The molecule has 3 rings (SSSR count). The lowest BCUT2D eigenvalue weighted by molar-refractivity contribution is -0.0350. The molecule has 0 aliphatic rings. The fourth-order valence-corrected chi connectivity index (χ4v) is 3.04. The summed E-state index contributed by atoms with van der Waals surface area (Å²) in [6.45, 7) is -3.76. The molecule has 0 spiro atoms. The van der Waals surface area contributed by atoms with Crippen LogP contribution in [0.25, 0.3) is 0 Å². The molecular weight excluding hydrogens is 468 g/mol. The van der Waals surface area contributed by atoms with Gasteiger partial charge in [0.1, 0.15) is 0 Å². The lowest BCUT2D eigenvalue weighted by atomic mass is 10.1. The van der Waals surface area contributed by atoms with E-state index < -0.39 is 76.5 Å². The van der Waals surface area contributed by atoms with Crippen LogP contribution in [-0.2, 0) is 24.9 Å². The summed E-state index contributed by atoms with van der Waals surface area (Å²) in [7, 11) is 0. The molecule has 1 heterocycles. The van der Waals surface area contributed by atoms with Crippen LogP contribution in [-0.4, -0.2) is 14.2 Å². The van der Waals surface area contributed by atoms with Crippen LogP contribution in [0.4, 0.5) is 35.1 Å². The molecule has 176 valence electrons. The molecule has 0 atom stereocenters. The van der Waals surface area contributed by atoms with E-state index in [1.54, 1.807) is 0 Å². The maximum atomic E-state index is 14.6. The van der Waals surface area contributed by atoms with Gasteiger partial charge in [0.05, 0.1) is 30.3 Å². The molecule has 0 fully saturated rings. The Kier molecular flexibility index (Phi) is 6.09. The molecule has 0 radical (unpaired) electrons. The van der Waals surface area contributed by atoms with E-state index in [1.807, 2.05) is 0 Å². The van der Waals surface area contributed by atoms with Gasteiger partial charge >= 0.3 is 5.69 Å². The van der Waals surface area contributed by atoms with Crippen LogP contribution < -0.4 is 11.2 Å². The number of benzene rings is 2. The van der Waals surface area contributed by atoms with Gasteiger partial charge in [0.25, 0.3) is 17.4 Å². The highest BCUT2D eigenvalue weighted by Gasteiger charge is 2.40. The van der Waals surface area contributed by atoms with Gasteiger partial charge in [-0.25, -0.2) is 22.4 Å². The van der Waals surface area contributed by atoms with Gasteiger partial charge in [-0.15, -0.1) is 0 Å². The Morgan fingerprint density at radius 1 is 0.727 bits per heavy atom. The van der Waals surface area contributed by atoms with Crippen LogP contribution in [0.15, 0.2) is 52.1 Å². The second-order valence-electron chi connectivity index (χ2n) is 6.91. The highest BCUT2D eigenvalue weighted by atomic mass is 19.3. The average Bonchev–Trinajstić information content (AvgIpc) is 2.72. The lowest BCUT2D eigenvalue weighted by Crippen LogP contribution is -2.44. The third-order valence-electron chi connectivity index (χ3n) is 4.66. The van der Waals surface area contributed by atoms with E-state index >= 15 is 0 Å². The first-order valence-corrected chi connectivity index (χ1v) is 8.94. The molecule has 0 bridgehead atoms. The molecule has 0 saturated carbocycles. The molecule has 2 aromatic carbocycles. The molecule has 0 aliphatic carbocycles. The summed E-state index contributed by atoms with van der Waals surface area (Å²) < 4.78 is 112. The van der Waals surface area contributed by atoms with Crippen molar-refractivity contribution in [2.45, 2.75) is 24.9 Å². The van der Waals surface area contributed by atoms with E-state index in [1.165, 1.54) is 0 Å². The first kappa shape index (κ1) is 24.0. The maximum absolute atomic E-state index is 14.6. The third kappa shape index (κ3) is 4.47. The van der Waals surface area contributed by atoms with Crippen molar-refractivity contribution in [3.8, 4) is 5.88 Å². The van der Waals surface area contributed by atoms with Crippen molar-refractivity contribution in [1.82, 2.24) is 9.13 Å². The molecule has 1 aromatic heterocycles. The maximum Gasteiger partial charge on any atom is 0.334 e. The number of aromatic nitrogens is 2. The number of aromatic hydroxyl groups is 1. The average molecular weight is 480 g/mol. The first-order chi connectivity index (χ1) is 15.3. The molecule has 0 amide bonds. The SMILES string of the molecule is O=c1cc(O)n(CC(F)(F)c2cccc(F)c2F)c(=O)n1CC(F)(F)c1cccc(F)c1F. The minimum Gasteiger partial charge on any atom is -0.494 e. The minimum absolute atomic E-state index is 0.150.